The van der Waals surface area contributed by atoms with Crippen LogP contribution in [0, 0.1) is 5.82 Å². The molecule has 0 saturated carbocycles. The molecule has 0 aliphatic rings. The molecule has 4 aromatic rings. The van der Waals surface area contributed by atoms with E-state index in [0.29, 0.717) is 12.2 Å². The van der Waals surface area contributed by atoms with E-state index in [1.54, 1.807) is 4.68 Å². The zero-order chi connectivity index (χ0) is 20.2. The molecule has 7 heteroatoms. The predicted molar refractivity (Wildman–Crippen MR) is 107 cm³/mol. The van der Waals surface area contributed by atoms with E-state index in [9.17, 15) is 9.18 Å². The quantitative estimate of drug-likeness (QED) is 0.541. The lowest BCUT2D eigenvalue weighted by Crippen LogP contribution is -2.34. The fraction of sp³-hybridized carbons (Fsp3) is 0.136. The van der Waals surface area contributed by atoms with Crippen molar-refractivity contribution in [2.45, 2.75) is 13.1 Å². The van der Waals surface area contributed by atoms with Crippen LogP contribution in [-0.4, -0.2) is 27.5 Å². The van der Waals surface area contributed by atoms with Crippen LogP contribution in [-0.2, 0) is 0 Å². The van der Waals surface area contributed by atoms with E-state index < -0.39 is 12.0 Å². The standard InChI is InChI=1S/C22H19FN4O2/c1-2-29-18-13-9-15(10-14-18)21(24-22(28)16-7-11-17(23)12-8-16)27-20-6-4-3-5-19(20)25-26-27/h3-14,21H,2H2,1H3,(H,24,28). The lowest BCUT2D eigenvalue weighted by Gasteiger charge is -2.20. The highest BCUT2D eigenvalue weighted by Crippen LogP contribution is 2.23. The maximum Gasteiger partial charge on any atom is 0.253 e. The monoisotopic (exact) mass is 390 g/mol. The zero-order valence-corrected chi connectivity index (χ0v) is 15.7. The molecule has 0 aliphatic heterocycles. The topological polar surface area (TPSA) is 69.0 Å². The molecule has 1 N–H and O–H groups in total. The summed E-state index contributed by atoms with van der Waals surface area (Å²) in [7, 11) is 0. The molecule has 29 heavy (non-hydrogen) atoms. The van der Waals surface area contributed by atoms with Crippen molar-refractivity contribution < 1.29 is 13.9 Å². The highest BCUT2D eigenvalue weighted by atomic mass is 19.1. The maximum absolute atomic E-state index is 13.2. The molecule has 0 fully saturated rings. The fourth-order valence-corrected chi connectivity index (χ4v) is 3.09. The molecule has 0 spiro atoms. The number of benzene rings is 3. The van der Waals surface area contributed by atoms with Crippen molar-refractivity contribution >= 4 is 16.9 Å². The third kappa shape index (κ3) is 3.94. The molecule has 4 rings (SSSR count). The molecular weight excluding hydrogens is 371 g/mol. The molecule has 1 atom stereocenters. The van der Waals surface area contributed by atoms with Crippen LogP contribution in [0.3, 0.4) is 0 Å². The Morgan fingerprint density at radius 1 is 1.07 bits per heavy atom. The molecule has 1 heterocycles. The van der Waals surface area contributed by atoms with E-state index in [1.165, 1.54) is 24.3 Å². The molecule has 0 bridgehead atoms. The van der Waals surface area contributed by atoms with E-state index in [0.717, 1.165) is 22.3 Å². The smallest absolute Gasteiger partial charge is 0.253 e. The van der Waals surface area contributed by atoms with Gasteiger partial charge in [0.2, 0.25) is 0 Å². The van der Waals surface area contributed by atoms with Crippen molar-refractivity contribution in [1.82, 2.24) is 20.3 Å². The first kappa shape index (κ1) is 18.6. The summed E-state index contributed by atoms with van der Waals surface area (Å²) in [5, 5.41) is 11.4. The van der Waals surface area contributed by atoms with E-state index in [-0.39, 0.29) is 5.91 Å². The van der Waals surface area contributed by atoms with Crippen LogP contribution in [0.5, 0.6) is 5.75 Å². The summed E-state index contributed by atoms with van der Waals surface area (Å²) in [6.45, 7) is 2.49. The molecule has 0 aliphatic carbocycles. The Balaban J connectivity index is 1.72. The van der Waals surface area contributed by atoms with Crippen molar-refractivity contribution in [3.05, 3.63) is 89.7 Å². The average molecular weight is 390 g/mol. The molecule has 6 nitrogen and oxygen atoms in total. The summed E-state index contributed by atoms with van der Waals surface area (Å²) in [6, 6.07) is 20.3. The van der Waals surface area contributed by atoms with Crippen LogP contribution in [0.25, 0.3) is 11.0 Å². The number of amides is 1. The summed E-state index contributed by atoms with van der Waals surface area (Å²) >= 11 is 0. The van der Waals surface area contributed by atoms with Gasteiger partial charge in [-0.3, -0.25) is 4.79 Å². The minimum atomic E-state index is -0.601. The molecule has 0 saturated heterocycles. The Labute approximate surface area is 166 Å². The average Bonchev–Trinajstić information content (AvgIpc) is 3.17. The number of aromatic nitrogens is 3. The van der Waals surface area contributed by atoms with Gasteiger partial charge in [0, 0.05) is 5.56 Å². The third-order valence-electron chi connectivity index (χ3n) is 4.50. The first-order valence-electron chi connectivity index (χ1n) is 9.25. The van der Waals surface area contributed by atoms with Gasteiger partial charge in [0.25, 0.3) is 5.91 Å². The second kappa shape index (κ2) is 8.10. The zero-order valence-electron chi connectivity index (χ0n) is 15.7. The number of ether oxygens (including phenoxy) is 1. The molecular formula is C22H19FN4O2. The van der Waals surface area contributed by atoms with E-state index in [4.69, 9.17) is 4.74 Å². The third-order valence-corrected chi connectivity index (χ3v) is 4.50. The second-order valence-electron chi connectivity index (χ2n) is 6.41. The predicted octanol–water partition coefficient (Wildman–Crippen LogP) is 3.95. The van der Waals surface area contributed by atoms with E-state index >= 15 is 0 Å². The SMILES string of the molecule is CCOc1ccc(C(NC(=O)c2ccc(F)cc2)n2nnc3ccccc32)cc1. The van der Waals surface area contributed by atoms with Crippen molar-refractivity contribution in [3.8, 4) is 5.75 Å². The fourth-order valence-electron chi connectivity index (χ4n) is 3.09. The van der Waals surface area contributed by atoms with Crippen molar-refractivity contribution in [2.75, 3.05) is 6.61 Å². The summed E-state index contributed by atoms with van der Waals surface area (Å²) < 4.78 is 20.4. The van der Waals surface area contributed by atoms with E-state index in [1.807, 2.05) is 55.5 Å². The van der Waals surface area contributed by atoms with Crippen LogP contribution in [0.2, 0.25) is 0 Å². The lowest BCUT2D eigenvalue weighted by atomic mass is 10.1. The van der Waals surface area contributed by atoms with Crippen molar-refractivity contribution in [3.63, 3.8) is 0 Å². The van der Waals surface area contributed by atoms with Gasteiger partial charge in [0.1, 0.15) is 17.1 Å². The number of halogens is 1. The number of hydrogen-bond donors (Lipinski definition) is 1. The normalized spacial score (nSPS) is 11.9. The van der Waals surface area contributed by atoms with Gasteiger partial charge in [-0.2, -0.15) is 0 Å². The number of nitrogens with one attached hydrogen (secondary N) is 1. The minimum Gasteiger partial charge on any atom is -0.494 e. The number of fused-ring (bicyclic) bond motifs is 1. The Morgan fingerprint density at radius 2 is 1.79 bits per heavy atom. The Kier molecular flexibility index (Phi) is 5.20. The van der Waals surface area contributed by atoms with Gasteiger partial charge in [-0.1, -0.05) is 29.5 Å². The molecule has 0 radical (unpaired) electrons. The number of hydrogen-bond acceptors (Lipinski definition) is 4. The lowest BCUT2D eigenvalue weighted by molar-refractivity contribution is 0.0927. The van der Waals surface area contributed by atoms with E-state index in [2.05, 4.69) is 15.6 Å². The Morgan fingerprint density at radius 3 is 2.52 bits per heavy atom. The molecule has 146 valence electrons. The summed E-state index contributed by atoms with van der Waals surface area (Å²) in [6.07, 6.45) is -0.601. The molecule has 1 unspecified atom stereocenters. The Bertz CT molecular complexity index is 1120. The van der Waals surface area contributed by atoms with Gasteiger partial charge in [-0.25, -0.2) is 9.07 Å². The number of para-hydroxylation sites is 1. The highest BCUT2D eigenvalue weighted by Gasteiger charge is 2.21. The molecule has 1 aromatic heterocycles. The van der Waals surface area contributed by atoms with Crippen LogP contribution in [0.1, 0.15) is 29.0 Å². The van der Waals surface area contributed by atoms with Gasteiger partial charge in [-0.05, 0) is 61.0 Å². The summed E-state index contributed by atoms with van der Waals surface area (Å²) in [5.74, 6) is -0.00124. The van der Waals surface area contributed by atoms with Crippen LogP contribution in [0.4, 0.5) is 4.39 Å². The number of carbonyl (C=O) groups excluding carboxylic acids is 1. The van der Waals surface area contributed by atoms with Gasteiger partial charge >= 0.3 is 0 Å². The summed E-state index contributed by atoms with van der Waals surface area (Å²) in [4.78, 5) is 12.8. The van der Waals surface area contributed by atoms with Crippen LogP contribution in [0.15, 0.2) is 72.8 Å². The number of rotatable bonds is 6. The van der Waals surface area contributed by atoms with Gasteiger partial charge in [0.15, 0.2) is 6.17 Å². The number of nitrogens with zero attached hydrogens (tertiary/aromatic N) is 3. The van der Waals surface area contributed by atoms with Gasteiger partial charge in [-0.15, -0.1) is 5.10 Å². The van der Waals surface area contributed by atoms with Crippen LogP contribution < -0.4 is 10.1 Å². The second-order valence-corrected chi connectivity index (χ2v) is 6.41. The van der Waals surface area contributed by atoms with Crippen molar-refractivity contribution in [1.29, 1.82) is 0 Å². The first-order valence-corrected chi connectivity index (χ1v) is 9.25. The highest BCUT2D eigenvalue weighted by molar-refractivity contribution is 5.94. The number of carbonyl (C=O) groups is 1. The first-order chi connectivity index (χ1) is 14.2. The van der Waals surface area contributed by atoms with Gasteiger partial charge < -0.3 is 10.1 Å². The largest absolute Gasteiger partial charge is 0.494 e. The summed E-state index contributed by atoms with van der Waals surface area (Å²) in [5.41, 5.74) is 2.66. The maximum atomic E-state index is 13.2. The molecule has 3 aromatic carbocycles. The minimum absolute atomic E-state index is 0.344. The Hall–Kier alpha value is -3.74. The van der Waals surface area contributed by atoms with Gasteiger partial charge in [0.05, 0.1) is 12.1 Å². The molecule has 1 amide bonds. The van der Waals surface area contributed by atoms with Crippen LogP contribution >= 0.6 is 0 Å². The van der Waals surface area contributed by atoms with Crippen molar-refractivity contribution in [2.24, 2.45) is 0 Å².